The number of Topliss-reactive ketones (excluding diaryl/α,β-unsaturated/α-hetero) is 1. The highest BCUT2D eigenvalue weighted by molar-refractivity contribution is 6.50. The summed E-state index contributed by atoms with van der Waals surface area (Å²) in [4.78, 5) is 11.4. The first-order valence-corrected chi connectivity index (χ1v) is 6.04. The third kappa shape index (κ3) is 1.72. The van der Waals surface area contributed by atoms with Crippen LogP contribution in [-0.2, 0) is 14.1 Å². The highest BCUT2D eigenvalue weighted by Gasteiger charge is 2.59. The van der Waals surface area contributed by atoms with Crippen molar-refractivity contribution in [1.29, 1.82) is 0 Å². The van der Waals surface area contributed by atoms with Gasteiger partial charge in [-0.1, -0.05) is 6.92 Å². The second kappa shape index (κ2) is 3.33. The molecule has 0 radical (unpaired) electrons. The number of ketones is 1. The third-order valence-electron chi connectivity index (χ3n) is 4.40. The molecule has 0 aromatic heterocycles. The first kappa shape index (κ1) is 12.1. The number of carbonyl (C=O) groups is 1. The van der Waals surface area contributed by atoms with E-state index in [0.29, 0.717) is 18.6 Å². The molecule has 1 aliphatic heterocycles. The minimum Gasteiger partial charge on any atom is -0.403 e. The van der Waals surface area contributed by atoms with Crippen molar-refractivity contribution in [1.82, 2.24) is 0 Å². The Morgan fingerprint density at radius 3 is 1.94 bits per heavy atom. The van der Waals surface area contributed by atoms with Crippen LogP contribution in [0, 0.1) is 0 Å². The predicted octanol–water partition coefficient (Wildman–Crippen LogP) is 2.59. The van der Waals surface area contributed by atoms with Gasteiger partial charge in [0.05, 0.1) is 11.2 Å². The van der Waals surface area contributed by atoms with E-state index in [1.807, 2.05) is 27.7 Å². The van der Waals surface area contributed by atoms with Crippen molar-refractivity contribution in [3.8, 4) is 0 Å². The molecule has 1 saturated carbocycles. The first-order chi connectivity index (χ1) is 7.16. The van der Waals surface area contributed by atoms with Gasteiger partial charge in [-0.3, -0.25) is 4.79 Å². The Bertz CT molecular complexity index is 308. The van der Waals surface area contributed by atoms with Crippen LogP contribution in [0.3, 0.4) is 0 Å². The number of carbonyl (C=O) groups excluding carboxylic acids is 1. The highest BCUT2D eigenvalue weighted by atomic mass is 16.7. The summed E-state index contributed by atoms with van der Waals surface area (Å²) >= 11 is 0. The maximum atomic E-state index is 11.4. The Hall–Kier alpha value is -0.345. The van der Waals surface area contributed by atoms with E-state index in [9.17, 15) is 4.79 Å². The molecule has 1 atom stereocenters. The van der Waals surface area contributed by atoms with Gasteiger partial charge < -0.3 is 9.31 Å². The Morgan fingerprint density at radius 1 is 1.06 bits per heavy atom. The molecule has 0 spiro atoms. The van der Waals surface area contributed by atoms with E-state index in [2.05, 4.69) is 6.92 Å². The molecule has 4 heteroatoms. The number of hydrogen-bond donors (Lipinski definition) is 0. The fraction of sp³-hybridized carbons (Fsp3) is 0.917. The number of hydrogen-bond acceptors (Lipinski definition) is 3. The molecule has 0 aromatic rings. The van der Waals surface area contributed by atoms with Crippen LogP contribution < -0.4 is 0 Å². The van der Waals surface area contributed by atoms with Gasteiger partial charge in [-0.05, 0) is 34.1 Å². The van der Waals surface area contributed by atoms with E-state index < -0.39 is 0 Å². The summed E-state index contributed by atoms with van der Waals surface area (Å²) in [5, 5.41) is -0.137. The largest absolute Gasteiger partial charge is 0.464 e. The second-order valence-corrected chi connectivity index (χ2v) is 6.46. The highest BCUT2D eigenvalue weighted by Crippen LogP contribution is 2.51. The fourth-order valence-corrected chi connectivity index (χ4v) is 2.38. The van der Waals surface area contributed by atoms with Crippen LogP contribution in [0.1, 0.15) is 53.9 Å². The number of rotatable bonds is 1. The molecule has 1 heterocycles. The van der Waals surface area contributed by atoms with Crippen molar-refractivity contribution in [3.05, 3.63) is 0 Å². The Morgan fingerprint density at radius 2 is 1.56 bits per heavy atom. The molecule has 2 rings (SSSR count). The van der Waals surface area contributed by atoms with E-state index in [4.69, 9.17) is 9.31 Å². The van der Waals surface area contributed by atoms with E-state index in [1.54, 1.807) is 0 Å². The zero-order valence-corrected chi connectivity index (χ0v) is 10.9. The van der Waals surface area contributed by atoms with E-state index in [1.165, 1.54) is 0 Å². The fourth-order valence-electron chi connectivity index (χ4n) is 2.38. The summed E-state index contributed by atoms with van der Waals surface area (Å²) in [6.45, 7) is 10.3. The van der Waals surface area contributed by atoms with Crippen molar-refractivity contribution < 1.29 is 14.1 Å². The van der Waals surface area contributed by atoms with Crippen molar-refractivity contribution in [3.63, 3.8) is 0 Å². The molecule has 2 aliphatic rings. The van der Waals surface area contributed by atoms with E-state index in [0.717, 1.165) is 6.42 Å². The zero-order valence-electron chi connectivity index (χ0n) is 10.9. The molecular formula is C12H21BO3. The van der Waals surface area contributed by atoms with Gasteiger partial charge in [-0.15, -0.1) is 0 Å². The molecule has 0 aromatic carbocycles. The Labute approximate surface area is 98.0 Å². The van der Waals surface area contributed by atoms with Crippen LogP contribution in [0.5, 0.6) is 0 Å². The van der Waals surface area contributed by atoms with Crippen molar-refractivity contribution in [2.45, 2.75) is 70.4 Å². The smallest absolute Gasteiger partial charge is 0.403 e. The third-order valence-corrected chi connectivity index (χ3v) is 4.40. The van der Waals surface area contributed by atoms with Gasteiger partial charge in [0, 0.05) is 18.2 Å². The maximum Gasteiger partial charge on any atom is 0.464 e. The lowest BCUT2D eigenvalue weighted by Crippen LogP contribution is -2.41. The summed E-state index contributed by atoms with van der Waals surface area (Å²) in [5.74, 6) is 0.331. The van der Waals surface area contributed by atoms with Crippen molar-refractivity contribution >= 4 is 12.9 Å². The molecule has 0 bridgehead atoms. The summed E-state index contributed by atoms with van der Waals surface area (Å²) in [7, 11) is -0.246. The molecule has 0 N–H and O–H groups in total. The molecule has 16 heavy (non-hydrogen) atoms. The molecule has 1 unspecified atom stereocenters. The van der Waals surface area contributed by atoms with Gasteiger partial charge in [-0.25, -0.2) is 0 Å². The molecule has 3 nitrogen and oxygen atoms in total. The van der Waals surface area contributed by atoms with Gasteiger partial charge in [0.2, 0.25) is 0 Å². The standard InChI is InChI=1S/C12H21BO3/c1-10(2)11(3,4)16-13(15-10)12(5)7-6-9(14)8-12/h6-8H2,1-5H3. The van der Waals surface area contributed by atoms with Gasteiger partial charge >= 0.3 is 7.12 Å². The summed E-state index contributed by atoms with van der Waals surface area (Å²) in [6.07, 6.45) is 2.13. The lowest BCUT2D eigenvalue weighted by atomic mass is 9.57. The Balaban J connectivity index is 2.17. The van der Waals surface area contributed by atoms with Crippen LogP contribution >= 0.6 is 0 Å². The lowest BCUT2D eigenvalue weighted by Gasteiger charge is -2.32. The average Bonchev–Trinajstić information content (AvgIpc) is 2.54. The minimum atomic E-state index is -0.299. The summed E-state index contributed by atoms with van der Waals surface area (Å²) in [5.41, 5.74) is -0.599. The molecule has 1 saturated heterocycles. The van der Waals surface area contributed by atoms with Gasteiger partial charge in [-0.2, -0.15) is 0 Å². The van der Waals surface area contributed by atoms with E-state index >= 15 is 0 Å². The quantitative estimate of drug-likeness (QED) is 0.642. The Kier molecular flexibility index (Phi) is 2.52. The van der Waals surface area contributed by atoms with Crippen LogP contribution in [0.25, 0.3) is 0 Å². The zero-order chi connectivity index (χ0) is 12.2. The molecular weight excluding hydrogens is 203 g/mol. The van der Waals surface area contributed by atoms with Gasteiger partial charge in [0.15, 0.2) is 0 Å². The molecule has 90 valence electrons. The minimum absolute atomic E-state index is 0.137. The summed E-state index contributed by atoms with van der Waals surface area (Å²) in [6, 6.07) is 0. The topological polar surface area (TPSA) is 35.5 Å². The molecule has 0 amide bonds. The second-order valence-electron chi connectivity index (χ2n) is 6.46. The summed E-state index contributed by atoms with van der Waals surface area (Å²) < 4.78 is 12.0. The normalized spacial score (nSPS) is 37.1. The van der Waals surface area contributed by atoms with Crippen molar-refractivity contribution in [2.24, 2.45) is 0 Å². The SMILES string of the molecule is CC1(B2OC(C)(C)C(C)(C)O2)CCC(=O)C1. The maximum absolute atomic E-state index is 11.4. The predicted molar refractivity (Wildman–Crippen MR) is 63.3 cm³/mol. The average molecular weight is 224 g/mol. The molecule has 2 fully saturated rings. The van der Waals surface area contributed by atoms with Gasteiger partial charge in [0.25, 0.3) is 0 Å². The lowest BCUT2D eigenvalue weighted by molar-refractivity contribution is -0.117. The molecule has 1 aliphatic carbocycles. The van der Waals surface area contributed by atoms with Crippen LogP contribution in [0.2, 0.25) is 5.31 Å². The van der Waals surface area contributed by atoms with Gasteiger partial charge in [0.1, 0.15) is 5.78 Å². The van der Waals surface area contributed by atoms with Crippen LogP contribution in [0.4, 0.5) is 0 Å². The van der Waals surface area contributed by atoms with Crippen molar-refractivity contribution in [2.75, 3.05) is 0 Å². The van der Waals surface area contributed by atoms with Crippen LogP contribution in [0.15, 0.2) is 0 Å². The monoisotopic (exact) mass is 224 g/mol. The van der Waals surface area contributed by atoms with E-state index in [-0.39, 0.29) is 23.6 Å². The van der Waals surface area contributed by atoms with Crippen LogP contribution in [-0.4, -0.2) is 24.1 Å². The first-order valence-electron chi connectivity index (χ1n) is 6.04.